The summed E-state index contributed by atoms with van der Waals surface area (Å²) in [5.41, 5.74) is -0.373. The Hall–Kier alpha value is -0.630. The predicted molar refractivity (Wildman–Crippen MR) is 75.3 cm³/mol. The molecule has 3 rings (SSSR count). The highest BCUT2D eigenvalue weighted by atomic mass is 35.5. The van der Waals surface area contributed by atoms with E-state index in [2.05, 4.69) is 9.71 Å². The van der Waals surface area contributed by atoms with Gasteiger partial charge in [0, 0.05) is 17.1 Å². The fourth-order valence-electron chi connectivity index (χ4n) is 2.61. The Labute approximate surface area is 120 Å². The minimum atomic E-state index is -3.66. The minimum absolute atomic E-state index is 0.0287. The summed E-state index contributed by atoms with van der Waals surface area (Å²) in [6.45, 7) is 1.94. The molecule has 19 heavy (non-hydrogen) atoms. The number of nitrogens with zero attached hydrogens (tertiary/aromatic N) is 2. The third-order valence-corrected chi connectivity index (χ3v) is 6.31. The first-order valence-electron chi connectivity index (χ1n) is 6.06. The third-order valence-electron chi connectivity index (χ3n) is 3.52. The Morgan fingerprint density at radius 2 is 2.16 bits per heavy atom. The molecule has 1 aliphatic carbocycles. The van der Waals surface area contributed by atoms with E-state index in [0.29, 0.717) is 4.96 Å². The number of aromatic nitrogens is 2. The van der Waals surface area contributed by atoms with E-state index in [1.807, 2.05) is 6.92 Å². The van der Waals surface area contributed by atoms with Crippen molar-refractivity contribution in [3.63, 3.8) is 0 Å². The van der Waals surface area contributed by atoms with Gasteiger partial charge in [0.1, 0.15) is 0 Å². The zero-order valence-electron chi connectivity index (χ0n) is 10.4. The van der Waals surface area contributed by atoms with E-state index in [0.717, 1.165) is 25.7 Å². The second-order valence-electron chi connectivity index (χ2n) is 5.14. The number of hydrogen-bond donors (Lipinski definition) is 1. The van der Waals surface area contributed by atoms with Crippen LogP contribution in [0.1, 0.15) is 32.6 Å². The summed E-state index contributed by atoms with van der Waals surface area (Å²) in [6, 6.07) is 0. The van der Waals surface area contributed by atoms with E-state index in [-0.39, 0.29) is 15.7 Å². The van der Waals surface area contributed by atoms with Crippen molar-refractivity contribution in [3.05, 3.63) is 16.7 Å². The van der Waals surface area contributed by atoms with E-state index in [1.165, 1.54) is 15.7 Å². The van der Waals surface area contributed by atoms with Crippen LogP contribution in [-0.2, 0) is 10.0 Å². The van der Waals surface area contributed by atoms with Crippen molar-refractivity contribution in [1.29, 1.82) is 0 Å². The van der Waals surface area contributed by atoms with Gasteiger partial charge in [0.2, 0.25) is 0 Å². The highest BCUT2D eigenvalue weighted by Gasteiger charge is 2.36. The highest BCUT2D eigenvalue weighted by Crippen LogP contribution is 2.32. The Balaban J connectivity index is 2.04. The second-order valence-corrected chi connectivity index (χ2v) is 7.97. The quantitative estimate of drug-likeness (QED) is 0.946. The summed E-state index contributed by atoms with van der Waals surface area (Å²) in [5, 5.41) is 1.86. The number of rotatable bonds is 3. The van der Waals surface area contributed by atoms with Crippen molar-refractivity contribution >= 4 is 37.9 Å². The summed E-state index contributed by atoms with van der Waals surface area (Å²) < 4.78 is 29.4. The molecular formula is C11H14ClN3O2S2. The van der Waals surface area contributed by atoms with E-state index in [9.17, 15) is 8.42 Å². The SMILES string of the molecule is CC1(NS(=O)(=O)c2c(Cl)nc3sccn23)CCCC1. The Morgan fingerprint density at radius 3 is 2.84 bits per heavy atom. The number of fused-ring (bicyclic) bond motifs is 1. The predicted octanol–water partition coefficient (Wildman–Crippen LogP) is 2.66. The molecule has 1 fully saturated rings. The van der Waals surface area contributed by atoms with Gasteiger partial charge < -0.3 is 0 Å². The smallest absolute Gasteiger partial charge is 0.260 e. The van der Waals surface area contributed by atoms with Crippen molar-refractivity contribution in [2.45, 2.75) is 43.2 Å². The van der Waals surface area contributed by atoms with Gasteiger partial charge in [0.25, 0.3) is 10.0 Å². The molecule has 8 heteroatoms. The molecule has 0 unspecified atom stereocenters. The van der Waals surface area contributed by atoms with E-state index in [4.69, 9.17) is 11.6 Å². The van der Waals surface area contributed by atoms with Gasteiger partial charge in [-0.2, -0.15) is 0 Å². The highest BCUT2D eigenvalue weighted by molar-refractivity contribution is 7.89. The molecule has 0 bridgehead atoms. The van der Waals surface area contributed by atoms with Crippen molar-refractivity contribution < 1.29 is 8.42 Å². The molecule has 1 N–H and O–H groups in total. The number of hydrogen-bond acceptors (Lipinski definition) is 4. The third kappa shape index (κ3) is 2.29. The number of nitrogens with one attached hydrogen (secondary N) is 1. The van der Waals surface area contributed by atoms with Crippen LogP contribution in [-0.4, -0.2) is 23.3 Å². The first kappa shape index (κ1) is 13.4. The minimum Gasteiger partial charge on any atom is -0.279 e. The molecular weight excluding hydrogens is 306 g/mol. The van der Waals surface area contributed by atoms with Gasteiger partial charge in [0.05, 0.1) is 0 Å². The van der Waals surface area contributed by atoms with E-state index >= 15 is 0 Å². The second kappa shape index (κ2) is 4.44. The van der Waals surface area contributed by atoms with Crippen LogP contribution in [0.2, 0.25) is 5.15 Å². The molecule has 2 aromatic rings. The molecule has 2 heterocycles. The van der Waals surface area contributed by atoms with Gasteiger partial charge in [-0.15, -0.1) is 11.3 Å². The van der Waals surface area contributed by atoms with Crippen LogP contribution in [0, 0.1) is 0 Å². The van der Waals surface area contributed by atoms with Crippen molar-refractivity contribution in [2.75, 3.05) is 0 Å². The fourth-order valence-corrected chi connectivity index (χ4v) is 5.53. The van der Waals surface area contributed by atoms with Crippen molar-refractivity contribution in [3.8, 4) is 0 Å². The van der Waals surface area contributed by atoms with Crippen LogP contribution in [0.25, 0.3) is 4.96 Å². The van der Waals surface area contributed by atoms with Gasteiger partial charge in [0.15, 0.2) is 15.1 Å². The van der Waals surface area contributed by atoms with E-state index < -0.39 is 10.0 Å². The summed E-state index contributed by atoms with van der Waals surface area (Å²) in [4.78, 5) is 4.65. The topological polar surface area (TPSA) is 63.5 Å². The molecule has 0 atom stereocenters. The average molecular weight is 320 g/mol. The molecule has 1 aliphatic rings. The zero-order valence-corrected chi connectivity index (χ0v) is 12.8. The van der Waals surface area contributed by atoms with Gasteiger partial charge in [-0.05, 0) is 19.8 Å². The molecule has 0 aliphatic heterocycles. The molecule has 104 valence electrons. The lowest BCUT2D eigenvalue weighted by molar-refractivity contribution is 0.426. The first-order valence-corrected chi connectivity index (χ1v) is 8.80. The van der Waals surface area contributed by atoms with Crippen molar-refractivity contribution in [1.82, 2.24) is 14.1 Å². The largest absolute Gasteiger partial charge is 0.279 e. The van der Waals surface area contributed by atoms with Crippen molar-refractivity contribution in [2.24, 2.45) is 0 Å². The van der Waals surface area contributed by atoms with Gasteiger partial charge in [-0.3, -0.25) is 4.40 Å². The number of halogens is 1. The van der Waals surface area contributed by atoms with Crippen LogP contribution < -0.4 is 4.72 Å². The molecule has 2 aromatic heterocycles. The van der Waals surface area contributed by atoms with Gasteiger partial charge in [-0.1, -0.05) is 24.4 Å². The molecule has 5 nitrogen and oxygen atoms in total. The summed E-state index contributed by atoms with van der Waals surface area (Å²) >= 11 is 7.34. The van der Waals surface area contributed by atoms with E-state index in [1.54, 1.807) is 11.6 Å². The van der Waals surface area contributed by atoms with Crippen LogP contribution in [0.15, 0.2) is 16.6 Å². The summed E-state index contributed by atoms with van der Waals surface area (Å²) in [5.74, 6) is 0. The average Bonchev–Trinajstić information content (AvgIpc) is 2.92. The molecule has 1 saturated carbocycles. The molecule has 0 radical (unpaired) electrons. The first-order chi connectivity index (χ1) is 8.91. The van der Waals surface area contributed by atoms with Crippen LogP contribution in [0.4, 0.5) is 0 Å². The maximum atomic E-state index is 12.5. The number of sulfonamides is 1. The number of thiazole rings is 1. The maximum absolute atomic E-state index is 12.5. The molecule has 0 saturated heterocycles. The fraction of sp³-hybridized carbons (Fsp3) is 0.545. The van der Waals surface area contributed by atoms with Crippen LogP contribution in [0.3, 0.4) is 0 Å². The summed E-state index contributed by atoms with van der Waals surface area (Å²) in [7, 11) is -3.66. The lowest BCUT2D eigenvalue weighted by Gasteiger charge is -2.24. The Bertz CT molecular complexity index is 713. The Morgan fingerprint density at radius 1 is 1.47 bits per heavy atom. The lowest BCUT2D eigenvalue weighted by atomic mass is 10.0. The van der Waals surface area contributed by atoms with Gasteiger partial charge >= 0.3 is 0 Å². The number of imidazole rings is 1. The molecule has 0 spiro atoms. The van der Waals surface area contributed by atoms with Crippen LogP contribution in [0.5, 0.6) is 0 Å². The lowest BCUT2D eigenvalue weighted by Crippen LogP contribution is -2.43. The maximum Gasteiger partial charge on any atom is 0.260 e. The molecule has 0 aromatic carbocycles. The monoisotopic (exact) mass is 319 g/mol. The van der Waals surface area contributed by atoms with Gasteiger partial charge in [-0.25, -0.2) is 18.1 Å². The molecule has 0 amide bonds. The van der Waals surface area contributed by atoms with Crippen LogP contribution >= 0.6 is 22.9 Å². The Kier molecular flexibility index (Phi) is 3.12. The standard InChI is InChI=1S/C11H14ClN3O2S2/c1-11(4-2-3-5-11)14-19(16,17)9-8(12)13-10-15(9)6-7-18-10/h6-7,14H,2-5H2,1H3. The normalized spacial score (nSPS) is 19.3. The summed E-state index contributed by atoms with van der Waals surface area (Å²) in [6.07, 6.45) is 5.48. The zero-order chi connectivity index (χ0) is 13.7.